The molecule has 4 rings (SSSR count). The summed E-state index contributed by atoms with van der Waals surface area (Å²) >= 11 is 0. The SMILES string of the molecule is C=CCN1C(=O)N[C@@H](c2cc(OC)cc(OC)c2)C2=C1CN(Cc1ccccn1)C2=O. The van der Waals surface area contributed by atoms with Gasteiger partial charge in [-0.2, -0.15) is 0 Å². The van der Waals surface area contributed by atoms with Crippen molar-refractivity contribution in [1.29, 1.82) is 0 Å². The monoisotopic (exact) mass is 420 g/mol. The molecule has 3 amide bonds. The third-order valence-electron chi connectivity index (χ3n) is 5.39. The Balaban J connectivity index is 1.75. The molecular weight excluding hydrogens is 396 g/mol. The zero-order chi connectivity index (χ0) is 22.0. The number of ether oxygens (including phenoxy) is 2. The van der Waals surface area contributed by atoms with Crippen LogP contribution >= 0.6 is 0 Å². The number of rotatable bonds is 7. The summed E-state index contributed by atoms with van der Waals surface area (Å²) in [6.45, 7) is 4.74. The van der Waals surface area contributed by atoms with Crippen LogP contribution in [-0.2, 0) is 11.3 Å². The Bertz CT molecular complexity index is 1030. The third kappa shape index (κ3) is 3.84. The topological polar surface area (TPSA) is 84.0 Å². The van der Waals surface area contributed by atoms with E-state index in [0.717, 1.165) is 5.69 Å². The lowest BCUT2D eigenvalue weighted by Gasteiger charge is -2.33. The summed E-state index contributed by atoms with van der Waals surface area (Å²) in [6.07, 6.45) is 3.34. The van der Waals surface area contributed by atoms with Gasteiger partial charge in [-0.1, -0.05) is 12.1 Å². The molecule has 0 fully saturated rings. The lowest BCUT2D eigenvalue weighted by Crippen LogP contribution is -2.47. The van der Waals surface area contributed by atoms with Crippen LogP contribution in [0.4, 0.5) is 4.79 Å². The van der Waals surface area contributed by atoms with Crippen molar-refractivity contribution >= 4 is 11.9 Å². The molecule has 31 heavy (non-hydrogen) atoms. The average molecular weight is 420 g/mol. The number of hydrogen-bond donors (Lipinski definition) is 1. The normalized spacial score (nSPS) is 18.1. The van der Waals surface area contributed by atoms with Gasteiger partial charge in [0.1, 0.15) is 11.5 Å². The van der Waals surface area contributed by atoms with Gasteiger partial charge in [-0.15, -0.1) is 6.58 Å². The van der Waals surface area contributed by atoms with E-state index in [9.17, 15) is 9.59 Å². The predicted molar refractivity (Wildman–Crippen MR) is 114 cm³/mol. The largest absolute Gasteiger partial charge is 0.497 e. The Labute approximate surface area is 180 Å². The van der Waals surface area contributed by atoms with Crippen molar-refractivity contribution in [1.82, 2.24) is 20.1 Å². The number of hydrogen-bond acceptors (Lipinski definition) is 5. The first-order chi connectivity index (χ1) is 15.0. The first-order valence-electron chi connectivity index (χ1n) is 9.89. The van der Waals surface area contributed by atoms with Gasteiger partial charge >= 0.3 is 6.03 Å². The molecule has 8 heteroatoms. The minimum atomic E-state index is -0.617. The van der Waals surface area contributed by atoms with Gasteiger partial charge in [0.25, 0.3) is 5.91 Å². The second kappa shape index (κ2) is 8.51. The molecular formula is C23H24N4O4. The van der Waals surface area contributed by atoms with Crippen LogP contribution in [0.5, 0.6) is 11.5 Å². The molecule has 0 spiro atoms. The molecule has 2 aliphatic heterocycles. The van der Waals surface area contributed by atoms with Crippen molar-refractivity contribution in [3.63, 3.8) is 0 Å². The van der Waals surface area contributed by atoms with Crippen molar-refractivity contribution in [2.75, 3.05) is 27.3 Å². The van der Waals surface area contributed by atoms with Crippen molar-refractivity contribution in [3.05, 3.63) is 77.8 Å². The maximum Gasteiger partial charge on any atom is 0.322 e. The number of methoxy groups -OCH3 is 2. The van der Waals surface area contributed by atoms with Crippen molar-refractivity contribution < 1.29 is 19.1 Å². The Hall–Kier alpha value is -3.81. The number of urea groups is 1. The van der Waals surface area contributed by atoms with Gasteiger partial charge in [-0.05, 0) is 29.8 Å². The summed E-state index contributed by atoms with van der Waals surface area (Å²) in [7, 11) is 3.12. The molecule has 3 heterocycles. The quantitative estimate of drug-likeness (QED) is 0.697. The van der Waals surface area contributed by atoms with Gasteiger partial charge in [-0.25, -0.2) is 4.79 Å². The number of pyridine rings is 1. The van der Waals surface area contributed by atoms with E-state index in [4.69, 9.17) is 9.47 Å². The average Bonchev–Trinajstić information content (AvgIpc) is 3.11. The minimum absolute atomic E-state index is 0.137. The predicted octanol–water partition coefficient (Wildman–Crippen LogP) is 2.65. The van der Waals surface area contributed by atoms with Crippen LogP contribution in [0.2, 0.25) is 0 Å². The summed E-state index contributed by atoms with van der Waals surface area (Å²) < 4.78 is 10.8. The molecule has 1 N–H and O–H groups in total. The highest BCUT2D eigenvalue weighted by Gasteiger charge is 2.44. The second-order valence-corrected chi connectivity index (χ2v) is 7.27. The molecule has 0 bridgehead atoms. The van der Waals surface area contributed by atoms with Gasteiger partial charge in [-0.3, -0.25) is 14.7 Å². The highest BCUT2D eigenvalue weighted by atomic mass is 16.5. The molecule has 0 aliphatic carbocycles. The van der Waals surface area contributed by atoms with Gasteiger partial charge in [0.15, 0.2) is 0 Å². The van der Waals surface area contributed by atoms with Crippen molar-refractivity contribution in [3.8, 4) is 11.5 Å². The smallest absolute Gasteiger partial charge is 0.322 e. The molecule has 1 atom stereocenters. The molecule has 0 radical (unpaired) electrons. The van der Waals surface area contributed by atoms with Crippen LogP contribution in [0.25, 0.3) is 0 Å². The van der Waals surface area contributed by atoms with Crippen molar-refractivity contribution in [2.24, 2.45) is 0 Å². The van der Waals surface area contributed by atoms with E-state index in [1.807, 2.05) is 18.2 Å². The van der Waals surface area contributed by atoms with E-state index in [-0.39, 0.29) is 11.9 Å². The lowest BCUT2D eigenvalue weighted by molar-refractivity contribution is -0.126. The van der Waals surface area contributed by atoms with E-state index in [1.165, 1.54) is 0 Å². The van der Waals surface area contributed by atoms with E-state index in [0.29, 0.717) is 48.0 Å². The van der Waals surface area contributed by atoms with Gasteiger partial charge in [0.05, 0.1) is 50.3 Å². The first-order valence-corrected chi connectivity index (χ1v) is 9.89. The summed E-state index contributed by atoms with van der Waals surface area (Å²) in [5.41, 5.74) is 2.71. The summed E-state index contributed by atoms with van der Waals surface area (Å²) in [6, 6.07) is 10.0. The third-order valence-corrected chi connectivity index (χ3v) is 5.39. The molecule has 160 valence electrons. The summed E-state index contributed by atoms with van der Waals surface area (Å²) in [4.78, 5) is 34.0. The van der Waals surface area contributed by atoms with Crippen LogP contribution in [0, 0.1) is 0 Å². The van der Waals surface area contributed by atoms with Gasteiger partial charge < -0.3 is 19.7 Å². The zero-order valence-corrected chi connectivity index (χ0v) is 17.5. The molecule has 0 unspecified atom stereocenters. The standard InChI is InChI=1S/C23H24N4O4/c1-4-9-27-19-14-26(13-16-7-5-6-8-24-16)22(28)20(19)21(25-23(27)29)15-10-17(30-2)12-18(11-15)31-3/h4-8,10-12,21H,1,9,13-14H2,2-3H3,(H,25,29)/t21-/m0/s1. The fourth-order valence-corrected chi connectivity index (χ4v) is 3.93. The summed E-state index contributed by atoms with van der Waals surface area (Å²) in [5, 5.41) is 2.96. The van der Waals surface area contributed by atoms with E-state index < -0.39 is 6.04 Å². The molecule has 8 nitrogen and oxygen atoms in total. The van der Waals surface area contributed by atoms with Gasteiger partial charge in [0.2, 0.25) is 0 Å². The van der Waals surface area contributed by atoms with E-state index in [2.05, 4.69) is 16.9 Å². The van der Waals surface area contributed by atoms with Crippen LogP contribution in [-0.4, -0.2) is 54.0 Å². The Kier molecular flexibility index (Phi) is 5.62. The lowest BCUT2D eigenvalue weighted by atomic mass is 9.95. The minimum Gasteiger partial charge on any atom is -0.497 e. The fraction of sp³-hybridized carbons (Fsp3) is 0.261. The number of benzene rings is 1. The fourth-order valence-electron chi connectivity index (χ4n) is 3.93. The van der Waals surface area contributed by atoms with Crippen LogP contribution in [0.3, 0.4) is 0 Å². The van der Waals surface area contributed by atoms with E-state index in [1.54, 1.807) is 54.5 Å². The Morgan fingerprint density at radius 3 is 2.55 bits per heavy atom. The van der Waals surface area contributed by atoms with Crippen molar-refractivity contribution in [2.45, 2.75) is 12.6 Å². The van der Waals surface area contributed by atoms with Crippen LogP contribution < -0.4 is 14.8 Å². The first kappa shape index (κ1) is 20.5. The number of amides is 3. The second-order valence-electron chi connectivity index (χ2n) is 7.27. The molecule has 2 aliphatic rings. The number of carbonyl (C=O) groups excluding carboxylic acids is 2. The number of nitrogens with zero attached hydrogens (tertiary/aromatic N) is 3. The Morgan fingerprint density at radius 2 is 1.94 bits per heavy atom. The maximum absolute atomic E-state index is 13.5. The highest BCUT2D eigenvalue weighted by Crippen LogP contribution is 2.38. The Morgan fingerprint density at radius 1 is 1.19 bits per heavy atom. The van der Waals surface area contributed by atoms with Crippen LogP contribution in [0.1, 0.15) is 17.3 Å². The molecule has 0 saturated heterocycles. The number of carbonyl (C=O) groups is 2. The maximum atomic E-state index is 13.5. The molecule has 1 aromatic heterocycles. The summed E-state index contributed by atoms with van der Waals surface area (Å²) in [5.74, 6) is 1.02. The van der Waals surface area contributed by atoms with Gasteiger partial charge in [0, 0.05) is 18.8 Å². The molecule has 2 aromatic rings. The zero-order valence-electron chi connectivity index (χ0n) is 17.5. The van der Waals surface area contributed by atoms with E-state index >= 15 is 0 Å². The number of aromatic nitrogens is 1. The molecule has 1 aromatic carbocycles. The highest BCUT2D eigenvalue weighted by molar-refractivity contribution is 6.01. The molecule has 0 saturated carbocycles. The number of nitrogens with one attached hydrogen (secondary N) is 1. The van der Waals surface area contributed by atoms with Crippen LogP contribution in [0.15, 0.2) is 66.5 Å².